The van der Waals surface area contributed by atoms with Crippen LogP contribution in [0.1, 0.15) is 39.6 Å². The van der Waals surface area contributed by atoms with Crippen LogP contribution in [0.4, 0.5) is 0 Å². The highest BCUT2D eigenvalue weighted by Gasteiger charge is 2.12. The number of rotatable bonds is 8. The fourth-order valence-corrected chi connectivity index (χ4v) is 3.58. The number of aromatic nitrogens is 3. The standard InChI is InChI=1S/C27H27N5O2/c1-18-4-6-21(7-5-18)26-17-32(31-30-26)25-15-23(19(2)33)14-24(16-25)20-8-10-22(11-9-20)27(34)29-13-3-12-28/h4-11,14-17H,3,12-13,28H2,1-2H3,(H,29,34). The molecule has 1 aromatic heterocycles. The van der Waals surface area contributed by atoms with E-state index in [0.29, 0.717) is 24.2 Å². The Balaban J connectivity index is 1.64. The average Bonchev–Trinajstić information content (AvgIpc) is 3.35. The normalized spacial score (nSPS) is 10.8. The molecule has 7 heteroatoms. The van der Waals surface area contributed by atoms with E-state index in [4.69, 9.17) is 5.73 Å². The Morgan fingerprint density at radius 1 is 0.912 bits per heavy atom. The summed E-state index contributed by atoms with van der Waals surface area (Å²) in [6.07, 6.45) is 2.58. The monoisotopic (exact) mass is 453 g/mol. The second-order valence-corrected chi connectivity index (χ2v) is 8.21. The van der Waals surface area contributed by atoms with Crippen LogP contribution < -0.4 is 11.1 Å². The minimum atomic E-state index is -0.135. The van der Waals surface area contributed by atoms with Crippen LogP contribution in [-0.4, -0.2) is 39.8 Å². The van der Waals surface area contributed by atoms with Gasteiger partial charge in [-0.2, -0.15) is 0 Å². The molecule has 0 bridgehead atoms. The summed E-state index contributed by atoms with van der Waals surface area (Å²) in [5.41, 5.74) is 12.0. The maximum Gasteiger partial charge on any atom is 0.251 e. The maximum absolute atomic E-state index is 12.3. The van der Waals surface area contributed by atoms with E-state index >= 15 is 0 Å². The molecule has 0 aliphatic heterocycles. The molecule has 0 aliphatic rings. The topological polar surface area (TPSA) is 103 Å². The van der Waals surface area contributed by atoms with Gasteiger partial charge in [0.15, 0.2) is 5.78 Å². The first-order valence-electron chi connectivity index (χ1n) is 11.2. The zero-order valence-electron chi connectivity index (χ0n) is 19.3. The molecular formula is C27H27N5O2. The Hall–Kier alpha value is -4.10. The third kappa shape index (κ3) is 5.27. The minimum Gasteiger partial charge on any atom is -0.352 e. The number of carbonyl (C=O) groups excluding carboxylic acids is 2. The Morgan fingerprint density at radius 2 is 1.62 bits per heavy atom. The molecule has 4 aromatic rings. The van der Waals surface area contributed by atoms with E-state index in [1.807, 2.05) is 61.7 Å². The zero-order chi connectivity index (χ0) is 24.1. The molecule has 0 fully saturated rings. The predicted octanol–water partition coefficient (Wildman–Crippen LogP) is 4.19. The number of hydrogen-bond donors (Lipinski definition) is 2. The van der Waals surface area contributed by atoms with Crippen LogP contribution in [0.3, 0.4) is 0 Å². The number of amides is 1. The number of benzene rings is 3. The largest absolute Gasteiger partial charge is 0.352 e. The number of hydrogen-bond acceptors (Lipinski definition) is 5. The zero-order valence-corrected chi connectivity index (χ0v) is 19.3. The van der Waals surface area contributed by atoms with Crippen LogP contribution in [0.25, 0.3) is 28.1 Å². The summed E-state index contributed by atoms with van der Waals surface area (Å²) >= 11 is 0. The summed E-state index contributed by atoms with van der Waals surface area (Å²) in [6, 6.07) is 21.0. The second-order valence-electron chi connectivity index (χ2n) is 8.21. The third-order valence-corrected chi connectivity index (χ3v) is 5.58. The Bertz CT molecular complexity index is 1310. The van der Waals surface area contributed by atoms with Crippen molar-refractivity contribution in [1.82, 2.24) is 20.3 Å². The van der Waals surface area contributed by atoms with E-state index in [1.54, 1.807) is 22.9 Å². The predicted molar refractivity (Wildman–Crippen MR) is 133 cm³/mol. The molecule has 4 rings (SSSR count). The van der Waals surface area contributed by atoms with Crippen molar-refractivity contribution in [1.29, 1.82) is 0 Å². The molecule has 1 amide bonds. The third-order valence-electron chi connectivity index (χ3n) is 5.58. The lowest BCUT2D eigenvalue weighted by Gasteiger charge is -2.10. The number of carbonyl (C=O) groups is 2. The van der Waals surface area contributed by atoms with E-state index in [9.17, 15) is 9.59 Å². The molecule has 0 radical (unpaired) electrons. The number of nitrogens with one attached hydrogen (secondary N) is 1. The van der Waals surface area contributed by atoms with Crippen LogP contribution in [0, 0.1) is 6.92 Å². The van der Waals surface area contributed by atoms with Gasteiger partial charge in [0.25, 0.3) is 5.91 Å². The molecule has 3 N–H and O–H groups in total. The molecular weight excluding hydrogens is 426 g/mol. The number of nitrogens with two attached hydrogens (primary N) is 1. The molecule has 0 saturated carbocycles. The fourth-order valence-electron chi connectivity index (χ4n) is 3.58. The molecule has 0 spiro atoms. The van der Waals surface area contributed by atoms with Gasteiger partial charge in [0.2, 0.25) is 0 Å². The lowest BCUT2D eigenvalue weighted by molar-refractivity contribution is 0.0952. The lowest BCUT2D eigenvalue weighted by Crippen LogP contribution is -2.25. The minimum absolute atomic E-state index is 0.0436. The molecule has 172 valence electrons. The first-order chi connectivity index (χ1) is 16.4. The number of nitrogens with zero attached hydrogens (tertiary/aromatic N) is 3. The van der Waals surface area contributed by atoms with Gasteiger partial charge in [0.1, 0.15) is 5.69 Å². The van der Waals surface area contributed by atoms with Crippen molar-refractivity contribution in [3.8, 4) is 28.1 Å². The fraction of sp³-hybridized carbons (Fsp3) is 0.185. The van der Waals surface area contributed by atoms with Crippen LogP contribution in [0.5, 0.6) is 0 Å². The first-order valence-corrected chi connectivity index (χ1v) is 11.2. The highest BCUT2D eigenvalue weighted by molar-refractivity contribution is 5.97. The summed E-state index contributed by atoms with van der Waals surface area (Å²) in [5.74, 6) is -0.178. The summed E-state index contributed by atoms with van der Waals surface area (Å²) in [5, 5.41) is 11.4. The van der Waals surface area contributed by atoms with E-state index in [2.05, 4.69) is 15.6 Å². The molecule has 7 nitrogen and oxygen atoms in total. The lowest BCUT2D eigenvalue weighted by atomic mass is 9.99. The van der Waals surface area contributed by atoms with Crippen LogP contribution in [0.15, 0.2) is 72.9 Å². The molecule has 34 heavy (non-hydrogen) atoms. The summed E-state index contributed by atoms with van der Waals surface area (Å²) in [6.45, 7) is 4.66. The number of ketones is 1. The van der Waals surface area contributed by atoms with Gasteiger partial charge in [-0.15, -0.1) is 5.10 Å². The van der Waals surface area contributed by atoms with Crippen LogP contribution in [0.2, 0.25) is 0 Å². The van der Waals surface area contributed by atoms with Crippen LogP contribution >= 0.6 is 0 Å². The van der Waals surface area contributed by atoms with E-state index in [0.717, 1.165) is 34.5 Å². The van der Waals surface area contributed by atoms with Gasteiger partial charge >= 0.3 is 0 Å². The van der Waals surface area contributed by atoms with Gasteiger partial charge in [-0.3, -0.25) is 9.59 Å². The van der Waals surface area contributed by atoms with Gasteiger partial charge in [-0.05, 0) is 68.3 Å². The van der Waals surface area contributed by atoms with Crippen molar-refractivity contribution < 1.29 is 9.59 Å². The molecule has 0 aliphatic carbocycles. The summed E-state index contributed by atoms with van der Waals surface area (Å²) in [7, 11) is 0. The SMILES string of the molecule is CC(=O)c1cc(-c2ccc(C(=O)NCCCN)cc2)cc(-n2cc(-c3ccc(C)cc3)nn2)c1. The van der Waals surface area contributed by atoms with Crippen molar-refractivity contribution in [2.24, 2.45) is 5.73 Å². The molecule has 0 unspecified atom stereocenters. The maximum atomic E-state index is 12.3. The first kappa shape index (κ1) is 23.1. The van der Waals surface area contributed by atoms with Gasteiger partial charge < -0.3 is 11.1 Å². The van der Waals surface area contributed by atoms with Crippen molar-refractivity contribution in [2.45, 2.75) is 20.3 Å². The quantitative estimate of drug-likeness (QED) is 0.308. The Morgan fingerprint density at radius 3 is 2.29 bits per heavy atom. The molecule has 0 atom stereocenters. The van der Waals surface area contributed by atoms with E-state index < -0.39 is 0 Å². The average molecular weight is 454 g/mol. The molecule has 3 aromatic carbocycles. The molecule has 1 heterocycles. The summed E-state index contributed by atoms with van der Waals surface area (Å²) in [4.78, 5) is 24.5. The van der Waals surface area contributed by atoms with Gasteiger partial charge in [0, 0.05) is 23.2 Å². The van der Waals surface area contributed by atoms with Crippen LogP contribution in [-0.2, 0) is 0 Å². The smallest absolute Gasteiger partial charge is 0.251 e. The van der Waals surface area contributed by atoms with Gasteiger partial charge in [-0.25, -0.2) is 4.68 Å². The van der Waals surface area contributed by atoms with Crippen molar-refractivity contribution >= 4 is 11.7 Å². The van der Waals surface area contributed by atoms with Crippen molar-refractivity contribution in [3.05, 3.63) is 89.6 Å². The Kier molecular flexibility index (Phi) is 6.94. The van der Waals surface area contributed by atoms with Gasteiger partial charge in [0.05, 0.1) is 11.9 Å². The number of Topliss-reactive ketones (excluding diaryl/α,β-unsaturated/α-hetero) is 1. The highest BCUT2D eigenvalue weighted by atomic mass is 16.1. The van der Waals surface area contributed by atoms with E-state index in [-0.39, 0.29) is 11.7 Å². The Labute approximate surface area is 198 Å². The highest BCUT2D eigenvalue weighted by Crippen LogP contribution is 2.26. The molecule has 0 saturated heterocycles. The van der Waals surface area contributed by atoms with Crippen molar-refractivity contribution in [2.75, 3.05) is 13.1 Å². The van der Waals surface area contributed by atoms with E-state index in [1.165, 1.54) is 12.5 Å². The number of aryl methyl sites for hydroxylation is 1. The van der Waals surface area contributed by atoms with Gasteiger partial charge in [-0.1, -0.05) is 47.2 Å². The summed E-state index contributed by atoms with van der Waals surface area (Å²) < 4.78 is 1.67. The van der Waals surface area contributed by atoms with Crippen molar-refractivity contribution in [3.63, 3.8) is 0 Å². The second kappa shape index (κ2) is 10.2.